The number of hydrogen-bond donors (Lipinski definition) is 3. The molecule has 0 spiro atoms. The summed E-state index contributed by atoms with van der Waals surface area (Å²) in [6.45, 7) is 0.869. The van der Waals surface area contributed by atoms with Gasteiger partial charge in [0.2, 0.25) is 0 Å². The lowest BCUT2D eigenvalue weighted by Gasteiger charge is -2.33. The van der Waals surface area contributed by atoms with Gasteiger partial charge in [0.05, 0.1) is 6.61 Å². The maximum Gasteiger partial charge on any atom is 0.338 e. The molecule has 5 atom stereocenters. The predicted octanol–water partition coefficient (Wildman–Crippen LogP) is -2.81. The monoisotopic (exact) mass is 333 g/mol. The van der Waals surface area contributed by atoms with Crippen molar-refractivity contribution in [3.63, 3.8) is 0 Å². The number of rotatable bonds is 4. The van der Waals surface area contributed by atoms with Crippen molar-refractivity contribution in [2.24, 2.45) is 0 Å². The first-order valence-electron chi connectivity index (χ1n) is 6.71. The number of nitro groups is 1. The number of aliphatic hydroxyl groups excluding tert-OH is 2. The van der Waals surface area contributed by atoms with Crippen LogP contribution in [0.5, 0.6) is 0 Å². The molecule has 23 heavy (non-hydrogen) atoms. The van der Waals surface area contributed by atoms with Crippen LogP contribution >= 0.6 is 0 Å². The van der Waals surface area contributed by atoms with Crippen LogP contribution in [0.1, 0.15) is 6.92 Å². The van der Waals surface area contributed by atoms with Crippen LogP contribution in [0.4, 0.5) is 4.79 Å². The summed E-state index contributed by atoms with van der Waals surface area (Å²) in [5.41, 5.74) is 0. The molecule has 0 aromatic rings. The first kappa shape index (κ1) is 17.1. The van der Waals surface area contributed by atoms with E-state index in [4.69, 9.17) is 4.74 Å². The maximum absolute atomic E-state index is 11.8. The summed E-state index contributed by atoms with van der Waals surface area (Å²) in [6.07, 6.45) is -6.46. The van der Waals surface area contributed by atoms with Gasteiger partial charge in [-0.05, 0) is 6.92 Å². The minimum Gasteiger partial charge on any atom is -0.464 e. The number of nitrogens with zero attached hydrogens (tertiary/aromatic N) is 2. The van der Waals surface area contributed by atoms with E-state index >= 15 is 0 Å². The fourth-order valence-corrected chi connectivity index (χ4v) is 2.33. The Morgan fingerprint density at radius 1 is 1.48 bits per heavy atom. The van der Waals surface area contributed by atoms with Crippen LogP contribution in [0.15, 0.2) is 0 Å². The largest absolute Gasteiger partial charge is 0.464 e. The summed E-state index contributed by atoms with van der Waals surface area (Å²) in [5, 5.41) is 32.4. The average molecular weight is 333 g/mol. The van der Waals surface area contributed by atoms with Crippen LogP contribution in [0, 0.1) is 10.1 Å². The number of urea groups is 1. The van der Waals surface area contributed by atoms with Crippen molar-refractivity contribution >= 4 is 17.9 Å². The van der Waals surface area contributed by atoms with E-state index in [1.807, 2.05) is 0 Å². The van der Waals surface area contributed by atoms with Crippen LogP contribution in [0.2, 0.25) is 0 Å². The molecule has 0 aromatic carbocycles. The van der Waals surface area contributed by atoms with Crippen molar-refractivity contribution in [3.05, 3.63) is 10.1 Å². The van der Waals surface area contributed by atoms with Crippen LogP contribution in [0.25, 0.3) is 0 Å². The van der Waals surface area contributed by atoms with Gasteiger partial charge in [0.15, 0.2) is 12.3 Å². The van der Waals surface area contributed by atoms with Crippen LogP contribution < -0.4 is 5.32 Å². The number of hydrogen-bond acceptors (Lipinski definition) is 9. The standard InChI is InChI=1S/C11H15N3O9/c1-2-22-10(18)7-5(15)6(16)9(23-7)13-3-4(14(20)21)8(17)12-11(13)19/h4-7,9,15-16H,2-3H2,1H3,(H,12,17,19)/t4?,5-,6+,7-,9+/m0/s1. The van der Waals surface area contributed by atoms with E-state index in [0.29, 0.717) is 4.90 Å². The topological polar surface area (TPSA) is 169 Å². The molecule has 0 radical (unpaired) electrons. The molecule has 3 N–H and O–H groups in total. The van der Waals surface area contributed by atoms with Gasteiger partial charge >= 0.3 is 23.9 Å². The molecule has 0 aromatic heterocycles. The fraction of sp³-hybridized carbons (Fsp3) is 0.727. The number of carbonyl (C=O) groups is 3. The lowest BCUT2D eigenvalue weighted by atomic mass is 10.1. The lowest BCUT2D eigenvalue weighted by molar-refractivity contribution is -0.509. The predicted molar refractivity (Wildman–Crippen MR) is 68.3 cm³/mol. The van der Waals surface area contributed by atoms with Crippen molar-refractivity contribution in [1.82, 2.24) is 10.2 Å². The molecule has 2 rings (SSSR count). The summed E-state index contributed by atoms with van der Waals surface area (Å²) >= 11 is 0. The van der Waals surface area contributed by atoms with Crippen molar-refractivity contribution < 1.29 is 39.0 Å². The van der Waals surface area contributed by atoms with Crippen molar-refractivity contribution in [3.8, 4) is 0 Å². The molecule has 2 aliphatic rings. The van der Waals surface area contributed by atoms with Gasteiger partial charge in [-0.2, -0.15) is 0 Å². The number of esters is 1. The van der Waals surface area contributed by atoms with E-state index in [-0.39, 0.29) is 6.61 Å². The SMILES string of the molecule is CCOC(=O)[C@H]1O[C@@H](N2CC([N+](=O)[O-])C(=O)NC2=O)[C@H](O)[C@@H]1O. The van der Waals surface area contributed by atoms with Gasteiger partial charge in [0, 0.05) is 4.92 Å². The maximum atomic E-state index is 11.8. The normalized spacial score (nSPS) is 34.2. The zero-order valence-electron chi connectivity index (χ0n) is 11.9. The van der Waals surface area contributed by atoms with Crippen molar-refractivity contribution in [2.45, 2.75) is 37.5 Å². The van der Waals surface area contributed by atoms with Gasteiger partial charge in [0.1, 0.15) is 18.8 Å². The molecule has 0 bridgehead atoms. The highest BCUT2D eigenvalue weighted by atomic mass is 16.6. The second-order valence-electron chi connectivity index (χ2n) is 4.93. The highest BCUT2D eigenvalue weighted by Gasteiger charge is 2.53. The zero-order chi connectivity index (χ0) is 17.3. The van der Waals surface area contributed by atoms with Gasteiger partial charge in [-0.25, -0.2) is 9.59 Å². The molecule has 0 aliphatic carbocycles. The molecule has 3 amide bonds. The Morgan fingerprint density at radius 3 is 2.70 bits per heavy atom. The smallest absolute Gasteiger partial charge is 0.338 e. The Labute approximate surface area is 129 Å². The summed E-state index contributed by atoms with van der Waals surface area (Å²) in [5.74, 6) is -2.04. The minimum atomic E-state index is -1.75. The highest BCUT2D eigenvalue weighted by Crippen LogP contribution is 2.26. The van der Waals surface area contributed by atoms with E-state index in [9.17, 15) is 34.7 Å². The van der Waals surface area contributed by atoms with Gasteiger partial charge in [-0.3, -0.25) is 25.1 Å². The van der Waals surface area contributed by atoms with E-state index in [2.05, 4.69) is 4.74 Å². The number of aliphatic hydroxyl groups is 2. The molecular weight excluding hydrogens is 318 g/mol. The molecule has 12 heteroatoms. The molecule has 2 heterocycles. The Bertz CT molecular complexity index is 539. The zero-order valence-corrected chi connectivity index (χ0v) is 11.9. The molecule has 0 saturated carbocycles. The van der Waals surface area contributed by atoms with Crippen LogP contribution in [-0.4, -0.2) is 81.7 Å². The minimum absolute atomic E-state index is 0.00821. The summed E-state index contributed by atoms with van der Waals surface area (Å²) in [4.78, 5) is 45.4. The third kappa shape index (κ3) is 3.09. The van der Waals surface area contributed by atoms with Gasteiger partial charge in [0.25, 0.3) is 0 Å². The Balaban J connectivity index is 2.17. The number of nitrogens with one attached hydrogen (secondary N) is 1. The highest BCUT2D eigenvalue weighted by molar-refractivity contribution is 5.99. The van der Waals surface area contributed by atoms with E-state index < -0.39 is 60.0 Å². The summed E-state index contributed by atoms with van der Waals surface area (Å²) < 4.78 is 9.80. The van der Waals surface area contributed by atoms with Crippen LogP contribution in [-0.2, 0) is 19.1 Å². The number of ether oxygens (including phenoxy) is 2. The summed E-state index contributed by atoms with van der Waals surface area (Å²) in [7, 11) is 0. The Kier molecular flexibility index (Phi) is 4.77. The summed E-state index contributed by atoms with van der Waals surface area (Å²) in [6, 6.07) is -2.78. The molecule has 128 valence electrons. The number of amides is 3. The average Bonchev–Trinajstić information content (AvgIpc) is 2.76. The third-order valence-corrected chi connectivity index (χ3v) is 3.48. The Morgan fingerprint density at radius 2 is 2.13 bits per heavy atom. The van der Waals surface area contributed by atoms with E-state index in [0.717, 1.165) is 0 Å². The Hall–Kier alpha value is -2.31. The molecule has 12 nitrogen and oxygen atoms in total. The first-order valence-corrected chi connectivity index (χ1v) is 6.71. The van der Waals surface area contributed by atoms with Crippen molar-refractivity contribution in [2.75, 3.05) is 13.2 Å². The lowest BCUT2D eigenvalue weighted by Crippen LogP contribution is -2.63. The van der Waals surface area contributed by atoms with Crippen LogP contribution in [0.3, 0.4) is 0 Å². The molecule has 2 fully saturated rings. The van der Waals surface area contributed by atoms with Gasteiger partial charge in [-0.15, -0.1) is 0 Å². The van der Waals surface area contributed by atoms with Gasteiger partial charge < -0.3 is 19.7 Å². The second kappa shape index (κ2) is 6.44. The van der Waals surface area contributed by atoms with E-state index in [1.54, 1.807) is 5.32 Å². The number of carbonyl (C=O) groups excluding carboxylic acids is 3. The molecule has 1 unspecified atom stereocenters. The quantitative estimate of drug-likeness (QED) is 0.279. The second-order valence-corrected chi connectivity index (χ2v) is 4.93. The number of imide groups is 1. The molecule has 2 saturated heterocycles. The molecular formula is C11H15N3O9. The van der Waals surface area contributed by atoms with E-state index in [1.165, 1.54) is 6.92 Å². The molecule has 2 aliphatic heterocycles. The third-order valence-electron chi connectivity index (χ3n) is 3.48. The fourth-order valence-electron chi connectivity index (χ4n) is 2.33. The first-order chi connectivity index (χ1) is 10.8. The van der Waals surface area contributed by atoms with Gasteiger partial charge in [-0.1, -0.05) is 0 Å². The van der Waals surface area contributed by atoms with Crippen molar-refractivity contribution in [1.29, 1.82) is 0 Å².